The maximum absolute atomic E-state index is 13.3. The molecule has 0 bridgehead atoms. The molecule has 0 fully saturated rings. The summed E-state index contributed by atoms with van der Waals surface area (Å²) in [6.45, 7) is 0. The van der Waals surface area contributed by atoms with Crippen molar-refractivity contribution in [3.8, 4) is 5.75 Å². The van der Waals surface area contributed by atoms with Crippen LogP contribution in [0.15, 0.2) is 12.1 Å². The summed E-state index contributed by atoms with van der Waals surface area (Å²) in [5, 5.41) is -1.12. The van der Waals surface area contributed by atoms with Crippen LogP contribution in [0.2, 0.25) is 0 Å². The van der Waals surface area contributed by atoms with Crippen molar-refractivity contribution >= 4 is 21.7 Å². The molecule has 0 saturated carbocycles. The van der Waals surface area contributed by atoms with E-state index in [1.165, 1.54) is 0 Å². The molecule has 1 heterocycles. The van der Waals surface area contributed by atoms with Crippen LogP contribution in [0.1, 0.15) is 15.9 Å². The smallest absolute Gasteiger partial charge is 0.416 e. The average Bonchev–Trinajstić information content (AvgIpc) is 2.41. The van der Waals surface area contributed by atoms with E-state index in [0.29, 0.717) is 6.07 Å². The number of alkyl halides is 4. The van der Waals surface area contributed by atoms with Gasteiger partial charge in [0, 0.05) is 0 Å². The second kappa shape index (κ2) is 3.44. The Balaban J connectivity index is 2.58. The molecule has 1 aromatic carbocycles. The molecule has 2 rings (SSSR count). The molecule has 0 unspecified atom stereocenters. The number of benzene rings is 1. The fourth-order valence-corrected chi connectivity index (χ4v) is 1.79. The topological polar surface area (TPSA) is 26.3 Å². The highest BCUT2D eigenvalue weighted by Gasteiger charge is 2.38. The molecule has 1 aliphatic rings. The van der Waals surface area contributed by atoms with Crippen molar-refractivity contribution in [1.29, 1.82) is 0 Å². The van der Waals surface area contributed by atoms with Crippen molar-refractivity contribution in [2.45, 2.75) is 11.2 Å². The van der Waals surface area contributed by atoms with E-state index in [1.54, 1.807) is 0 Å². The third-order valence-corrected chi connectivity index (χ3v) is 2.67. The van der Waals surface area contributed by atoms with E-state index in [-0.39, 0.29) is 11.8 Å². The molecule has 0 aromatic heterocycles. The van der Waals surface area contributed by atoms with Crippen molar-refractivity contribution in [2.75, 3.05) is 0 Å². The van der Waals surface area contributed by atoms with Gasteiger partial charge in [-0.25, -0.2) is 4.39 Å². The molecule has 1 atom stereocenters. The summed E-state index contributed by atoms with van der Waals surface area (Å²) in [5.74, 6) is -2.34. The van der Waals surface area contributed by atoms with E-state index in [4.69, 9.17) is 4.74 Å². The van der Waals surface area contributed by atoms with Crippen LogP contribution >= 0.6 is 15.9 Å². The summed E-state index contributed by atoms with van der Waals surface area (Å²) in [7, 11) is 0. The van der Waals surface area contributed by atoms with E-state index in [1.807, 2.05) is 0 Å². The molecule has 0 spiro atoms. The van der Waals surface area contributed by atoms with E-state index in [9.17, 15) is 22.4 Å². The molecule has 0 aliphatic carbocycles. The standard InChI is InChI=1S/C9H3BrF4O2/c10-8-7(15)6-4(11)1-3(9(12,13)14)2-5(6)16-8/h1-2,8H/t8-/m0/s1. The van der Waals surface area contributed by atoms with Gasteiger partial charge in [0.05, 0.1) is 5.56 Å². The minimum atomic E-state index is -4.67. The predicted octanol–water partition coefficient (Wildman–Crippen LogP) is 3.14. The number of ether oxygens (including phenoxy) is 1. The van der Waals surface area contributed by atoms with Crippen LogP contribution in [0.25, 0.3) is 0 Å². The first-order valence-electron chi connectivity index (χ1n) is 4.06. The Bertz CT molecular complexity index is 469. The largest absolute Gasteiger partial charge is 0.470 e. The first-order chi connectivity index (χ1) is 7.30. The lowest BCUT2D eigenvalue weighted by molar-refractivity contribution is -0.137. The number of Topliss-reactive ketones (excluding diaryl/α,β-unsaturated/α-hetero) is 1. The van der Waals surface area contributed by atoms with Crippen LogP contribution in [-0.2, 0) is 6.18 Å². The fraction of sp³-hybridized carbons (Fsp3) is 0.222. The van der Waals surface area contributed by atoms with Crippen LogP contribution in [0, 0.1) is 5.82 Å². The maximum atomic E-state index is 13.3. The number of fused-ring (bicyclic) bond motifs is 1. The highest BCUT2D eigenvalue weighted by Crippen LogP contribution is 2.39. The summed E-state index contributed by atoms with van der Waals surface area (Å²) >= 11 is 2.77. The highest BCUT2D eigenvalue weighted by atomic mass is 79.9. The Kier molecular flexibility index (Phi) is 2.45. The normalized spacial score (nSPS) is 19.6. The molecule has 0 radical (unpaired) electrons. The lowest BCUT2D eigenvalue weighted by atomic mass is 10.1. The molecule has 16 heavy (non-hydrogen) atoms. The van der Waals surface area contributed by atoms with Gasteiger partial charge < -0.3 is 4.74 Å². The monoisotopic (exact) mass is 298 g/mol. The van der Waals surface area contributed by atoms with Crippen LogP contribution < -0.4 is 4.74 Å². The Labute approximate surface area is 95.3 Å². The van der Waals surface area contributed by atoms with E-state index >= 15 is 0 Å². The number of ketones is 1. The second-order valence-electron chi connectivity index (χ2n) is 3.13. The summed E-state index contributed by atoms with van der Waals surface area (Å²) in [4.78, 5) is 11.3. The van der Waals surface area contributed by atoms with Crippen LogP contribution in [0.3, 0.4) is 0 Å². The third-order valence-electron chi connectivity index (χ3n) is 2.06. The number of carbonyl (C=O) groups is 1. The molecule has 0 saturated heterocycles. The van der Waals surface area contributed by atoms with Gasteiger partial charge in [0.15, 0.2) is 0 Å². The quantitative estimate of drug-likeness (QED) is 0.543. The van der Waals surface area contributed by atoms with Gasteiger partial charge in [-0.3, -0.25) is 4.79 Å². The summed E-state index contributed by atoms with van der Waals surface area (Å²) in [6, 6.07) is 0.892. The van der Waals surface area contributed by atoms with Crippen molar-refractivity contribution in [2.24, 2.45) is 0 Å². The lowest BCUT2D eigenvalue weighted by Gasteiger charge is -2.08. The number of hydrogen-bond acceptors (Lipinski definition) is 2. The van der Waals surface area contributed by atoms with Crippen molar-refractivity contribution in [1.82, 2.24) is 0 Å². The zero-order valence-electron chi connectivity index (χ0n) is 7.44. The molecule has 1 aliphatic heterocycles. The zero-order chi connectivity index (χ0) is 12.1. The van der Waals surface area contributed by atoms with E-state index < -0.39 is 33.9 Å². The average molecular weight is 299 g/mol. The fourth-order valence-electron chi connectivity index (χ4n) is 1.36. The van der Waals surface area contributed by atoms with Gasteiger partial charge in [0.2, 0.25) is 10.8 Å². The Morgan fingerprint density at radius 2 is 1.94 bits per heavy atom. The summed E-state index contributed by atoms with van der Waals surface area (Å²) in [5.41, 5.74) is -1.63. The van der Waals surface area contributed by atoms with Gasteiger partial charge in [0.1, 0.15) is 17.1 Å². The molecule has 0 amide bonds. The maximum Gasteiger partial charge on any atom is 0.416 e. The van der Waals surface area contributed by atoms with Crippen molar-refractivity contribution < 1.29 is 27.1 Å². The lowest BCUT2D eigenvalue weighted by Crippen LogP contribution is -2.11. The molecule has 0 N–H and O–H groups in total. The van der Waals surface area contributed by atoms with Gasteiger partial charge in [-0.1, -0.05) is 0 Å². The van der Waals surface area contributed by atoms with Gasteiger partial charge in [-0.2, -0.15) is 13.2 Å². The molecular formula is C9H3BrF4O2. The summed E-state index contributed by atoms with van der Waals surface area (Å²) in [6.07, 6.45) is -4.67. The highest BCUT2D eigenvalue weighted by molar-refractivity contribution is 9.09. The van der Waals surface area contributed by atoms with E-state index in [0.717, 1.165) is 0 Å². The van der Waals surface area contributed by atoms with Gasteiger partial charge in [-0.15, -0.1) is 0 Å². The van der Waals surface area contributed by atoms with Crippen molar-refractivity contribution in [3.63, 3.8) is 0 Å². The van der Waals surface area contributed by atoms with Gasteiger partial charge >= 0.3 is 6.18 Å². The number of rotatable bonds is 0. The van der Waals surface area contributed by atoms with Gasteiger partial charge in [-0.05, 0) is 28.1 Å². The molecule has 2 nitrogen and oxygen atoms in total. The van der Waals surface area contributed by atoms with Crippen LogP contribution in [0.5, 0.6) is 5.75 Å². The number of carbonyl (C=O) groups excluding carboxylic acids is 1. The van der Waals surface area contributed by atoms with Crippen molar-refractivity contribution in [3.05, 3.63) is 29.1 Å². The minimum absolute atomic E-state index is 0.283. The zero-order valence-corrected chi connectivity index (χ0v) is 9.02. The third kappa shape index (κ3) is 1.68. The SMILES string of the molecule is O=C1c2c(F)cc(C(F)(F)F)cc2O[C@@H]1Br. The predicted molar refractivity (Wildman–Crippen MR) is 49.1 cm³/mol. The Morgan fingerprint density at radius 1 is 1.31 bits per heavy atom. The van der Waals surface area contributed by atoms with Crippen LogP contribution in [0.4, 0.5) is 17.6 Å². The minimum Gasteiger partial charge on any atom is -0.470 e. The Hall–Kier alpha value is -1.11. The molecule has 86 valence electrons. The first-order valence-corrected chi connectivity index (χ1v) is 4.98. The van der Waals surface area contributed by atoms with E-state index in [2.05, 4.69) is 15.9 Å². The molecule has 7 heteroatoms. The van der Waals surface area contributed by atoms with Crippen LogP contribution in [-0.4, -0.2) is 10.8 Å². The Morgan fingerprint density at radius 3 is 2.50 bits per heavy atom. The summed E-state index contributed by atoms with van der Waals surface area (Å²) < 4.78 is 55.0. The molecular weight excluding hydrogens is 296 g/mol. The first kappa shape index (κ1) is 11.4. The second-order valence-corrected chi connectivity index (χ2v) is 3.96. The van der Waals surface area contributed by atoms with Gasteiger partial charge in [0.25, 0.3) is 0 Å². The molecule has 1 aromatic rings. The number of halogens is 5. The number of hydrogen-bond donors (Lipinski definition) is 0.